The Labute approximate surface area is 115 Å². The lowest BCUT2D eigenvalue weighted by Crippen LogP contribution is -2.26. The number of nitrogens with two attached hydrogens (primary N) is 1. The summed E-state index contributed by atoms with van der Waals surface area (Å²) >= 11 is 0. The first-order chi connectivity index (χ1) is 9.67. The van der Waals surface area contributed by atoms with E-state index in [4.69, 9.17) is 15.0 Å². The van der Waals surface area contributed by atoms with Crippen molar-refractivity contribution in [1.29, 1.82) is 0 Å². The van der Waals surface area contributed by atoms with Crippen LogP contribution in [0.5, 0.6) is 5.75 Å². The summed E-state index contributed by atoms with van der Waals surface area (Å²) in [5.41, 5.74) is 6.92. The lowest BCUT2D eigenvalue weighted by Gasteiger charge is -2.04. The number of ether oxygens (including phenoxy) is 1. The highest BCUT2D eigenvalue weighted by Gasteiger charge is 2.26. The summed E-state index contributed by atoms with van der Waals surface area (Å²) in [6.07, 6.45) is 2.01. The summed E-state index contributed by atoms with van der Waals surface area (Å²) in [5.74, 6) is 0.533. The third-order valence-corrected chi connectivity index (χ3v) is 3.02. The Bertz CT molecular complexity index is 649. The molecule has 0 aliphatic heterocycles. The van der Waals surface area contributed by atoms with Gasteiger partial charge in [0.15, 0.2) is 0 Å². The van der Waals surface area contributed by atoms with Gasteiger partial charge in [-0.15, -0.1) is 0 Å². The van der Waals surface area contributed by atoms with E-state index >= 15 is 0 Å². The van der Waals surface area contributed by atoms with Crippen molar-refractivity contribution in [2.75, 3.05) is 12.8 Å². The number of nitrogens with one attached hydrogen (secondary N) is 1. The highest BCUT2D eigenvalue weighted by molar-refractivity contribution is 5.91. The quantitative estimate of drug-likeness (QED) is 0.812. The number of carbonyl (C=O) groups excluding carboxylic acids is 1. The van der Waals surface area contributed by atoms with Gasteiger partial charge in [-0.25, -0.2) is 0 Å². The van der Waals surface area contributed by atoms with Gasteiger partial charge in [-0.3, -0.25) is 4.79 Å². The number of hydrogen-bond donors (Lipinski definition) is 2. The van der Waals surface area contributed by atoms with Gasteiger partial charge in [-0.1, -0.05) is 5.16 Å². The monoisotopic (exact) mass is 274 g/mol. The number of benzene rings is 1. The Hall–Kier alpha value is -2.57. The summed E-state index contributed by atoms with van der Waals surface area (Å²) in [6, 6.07) is 5.36. The summed E-state index contributed by atoms with van der Waals surface area (Å²) in [6.45, 7) is 0. The maximum Gasteiger partial charge on any atom is 0.292 e. The molecule has 7 nitrogen and oxygen atoms in total. The molecule has 0 unspecified atom stereocenters. The second-order valence-electron chi connectivity index (χ2n) is 4.63. The number of hydrogen-bond acceptors (Lipinski definition) is 6. The first kappa shape index (κ1) is 12.5. The molecule has 1 fully saturated rings. The van der Waals surface area contributed by atoms with E-state index in [1.54, 1.807) is 25.3 Å². The average molecular weight is 274 g/mol. The Kier molecular flexibility index (Phi) is 3.02. The van der Waals surface area contributed by atoms with Crippen molar-refractivity contribution in [3.05, 3.63) is 24.0 Å². The topological polar surface area (TPSA) is 103 Å². The van der Waals surface area contributed by atoms with Crippen LogP contribution < -0.4 is 15.8 Å². The molecular weight excluding hydrogens is 260 g/mol. The van der Waals surface area contributed by atoms with Crippen LogP contribution in [0.15, 0.2) is 22.7 Å². The molecule has 1 amide bonds. The largest absolute Gasteiger partial charge is 0.495 e. The molecule has 104 valence electrons. The van der Waals surface area contributed by atoms with Crippen molar-refractivity contribution in [1.82, 2.24) is 15.5 Å². The first-order valence-electron chi connectivity index (χ1n) is 6.26. The van der Waals surface area contributed by atoms with Gasteiger partial charge < -0.3 is 20.3 Å². The number of carbonyl (C=O) groups is 1. The van der Waals surface area contributed by atoms with Crippen LogP contribution in [-0.4, -0.2) is 29.2 Å². The Morgan fingerprint density at radius 3 is 2.95 bits per heavy atom. The number of methoxy groups -OCH3 is 1. The second kappa shape index (κ2) is 4.84. The molecule has 7 heteroatoms. The molecule has 1 saturated carbocycles. The third kappa shape index (κ3) is 2.42. The first-order valence-corrected chi connectivity index (χ1v) is 6.26. The van der Waals surface area contributed by atoms with E-state index < -0.39 is 0 Å². The molecule has 0 spiro atoms. The van der Waals surface area contributed by atoms with Crippen LogP contribution in [0, 0.1) is 0 Å². The molecule has 20 heavy (non-hydrogen) atoms. The highest BCUT2D eigenvalue weighted by Crippen LogP contribution is 2.27. The SMILES string of the molecule is COc1ccc(-c2nc(C(=O)NC3CC3)no2)cc1N. The van der Waals surface area contributed by atoms with Crippen LogP contribution in [-0.2, 0) is 0 Å². The number of aromatic nitrogens is 2. The van der Waals surface area contributed by atoms with Gasteiger partial charge in [-0.05, 0) is 31.0 Å². The van der Waals surface area contributed by atoms with Gasteiger partial charge in [0.1, 0.15) is 5.75 Å². The van der Waals surface area contributed by atoms with Crippen molar-refractivity contribution in [2.24, 2.45) is 0 Å². The zero-order valence-corrected chi connectivity index (χ0v) is 10.9. The number of nitrogens with zero attached hydrogens (tertiary/aromatic N) is 2. The standard InChI is InChI=1S/C13H14N4O3/c1-19-10-5-2-7(6-9(10)14)13-16-11(17-20-13)12(18)15-8-3-4-8/h2,5-6,8H,3-4,14H2,1H3,(H,15,18). The van der Waals surface area contributed by atoms with Crippen LogP contribution in [0.3, 0.4) is 0 Å². The summed E-state index contributed by atoms with van der Waals surface area (Å²) in [5, 5.41) is 6.47. The average Bonchev–Trinajstić information content (AvgIpc) is 3.11. The predicted octanol–water partition coefficient (Wildman–Crippen LogP) is 1.22. The van der Waals surface area contributed by atoms with E-state index in [1.807, 2.05) is 0 Å². The van der Waals surface area contributed by atoms with E-state index in [-0.39, 0.29) is 23.7 Å². The van der Waals surface area contributed by atoms with Crippen LogP contribution in [0.25, 0.3) is 11.5 Å². The highest BCUT2D eigenvalue weighted by atomic mass is 16.5. The van der Waals surface area contributed by atoms with Gasteiger partial charge in [0.2, 0.25) is 0 Å². The van der Waals surface area contributed by atoms with Crippen molar-refractivity contribution in [2.45, 2.75) is 18.9 Å². The zero-order valence-electron chi connectivity index (χ0n) is 10.9. The molecule has 1 heterocycles. The van der Waals surface area contributed by atoms with E-state index in [1.165, 1.54) is 0 Å². The number of amides is 1. The van der Waals surface area contributed by atoms with Crippen LogP contribution in [0.2, 0.25) is 0 Å². The smallest absolute Gasteiger partial charge is 0.292 e. The van der Waals surface area contributed by atoms with E-state index in [0.717, 1.165) is 12.8 Å². The Morgan fingerprint density at radius 1 is 1.50 bits per heavy atom. The van der Waals surface area contributed by atoms with Crippen LogP contribution in [0.1, 0.15) is 23.5 Å². The van der Waals surface area contributed by atoms with Gasteiger partial charge in [0, 0.05) is 11.6 Å². The van der Waals surface area contributed by atoms with Crippen LogP contribution in [0.4, 0.5) is 5.69 Å². The molecule has 1 aliphatic rings. The molecule has 0 radical (unpaired) electrons. The normalized spacial score (nSPS) is 14.1. The molecular formula is C13H14N4O3. The fourth-order valence-electron chi connectivity index (χ4n) is 1.78. The minimum atomic E-state index is -0.316. The zero-order chi connectivity index (χ0) is 14.1. The molecule has 0 bridgehead atoms. The molecule has 0 saturated heterocycles. The minimum Gasteiger partial charge on any atom is -0.495 e. The Balaban J connectivity index is 1.81. The number of anilines is 1. The molecule has 2 aromatic rings. The van der Waals surface area contributed by atoms with E-state index in [2.05, 4.69) is 15.5 Å². The molecule has 1 aromatic carbocycles. The lowest BCUT2D eigenvalue weighted by molar-refractivity contribution is 0.0937. The number of rotatable bonds is 4. The molecule has 3 N–H and O–H groups in total. The van der Waals surface area contributed by atoms with Crippen molar-refractivity contribution in [3.8, 4) is 17.2 Å². The van der Waals surface area contributed by atoms with Gasteiger partial charge >= 0.3 is 0 Å². The van der Waals surface area contributed by atoms with Gasteiger partial charge in [0.05, 0.1) is 12.8 Å². The molecule has 0 atom stereocenters. The third-order valence-electron chi connectivity index (χ3n) is 3.02. The maximum absolute atomic E-state index is 11.8. The molecule has 3 rings (SSSR count). The predicted molar refractivity (Wildman–Crippen MR) is 71.2 cm³/mol. The van der Waals surface area contributed by atoms with Crippen molar-refractivity contribution >= 4 is 11.6 Å². The lowest BCUT2D eigenvalue weighted by atomic mass is 10.2. The minimum absolute atomic E-state index is 0.0290. The fraction of sp³-hybridized carbons (Fsp3) is 0.308. The Morgan fingerprint density at radius 2 is 2.30 bits per heavy atom. The summed E-state index contributed by atoms with van der Waals surface area (Å²) in [4.78, 5) is 15.8. The number of nitrogen functional groups attached to an aromatic ring is 1. The summed E-state index contributed by atoms with van der Waals surface area (Å²) < 4.78 is 10.2. The summed E-state index contributed by atoms with van der Waals surface area (Å²) in [7, 11) is 1.54. The van der Waals surface area contributed by atoms with Crippen molar-refractivity contribution < 1.29 is 14.1 Å². The van der Waals surface area contributed by atoms with E-state index in [9.17, 15) is 4.79 Å². The fourth-order valence-corrected chi connectivity index (χ4v) is 1.78. The van der Waals surface area contributed by atoms with Crippen molar-refractivity contribution in [3.63, 3.8) is 0 Å². The molecule has 1 aliphatic carbocycles. The molecule has 1 aromatic heterocycles. The van der Waals surface area contributed by atoms with E-state index in [0.29, 0.717) is 17.0 Å². The van der Waals surface area contributed by atoms with Gasteiger partial charge in [0.25, 0.3) is 17.6 Å². The van der Waals surface area contributed by atoms with Gasteiger partial charge in [-0.2, -0.15) is 4.98 Å². The second-order valence-corrected chi connectivity index (χ2v) is 4.63. The maximum atomic E-state index is 11.8. The van der Waals surface area contributed by atoms with Crippen LogP contribution >= 0.6 is 0 Å².